The lowest BCUT2D eigenvalue weighted by molar-refractivity contribution is 0.0936. The lowest BCUT2D eigenvalue weighted by atomic mass is 10.1. The number of nitrogens with one attached hydrogen (secondary N) is 1. The van der Waals surface area contributed by atoms with Gasteiger partial charge in [-0.25, -0.2) is 20.1 Å². The Labute approximate surface area is 201 Å². The van der Waals surface area contributed by atoms with Crippen LogP contribution in [-0.2, 0) is 20.9 Å². The van der Waals surface area contributed by atoms with Crippen LogP contribution in [0.15, 0.2) is 42.2 Å². The van der Waals surface area contributed by atoms with Crippen LogP contribution in [-0.4, -0.2) is 53.0 Å². The van der Waals surface area contributed by atoms with E-state index < -0.39 is 28.4 Å². The van der Waals surface area contributed by atoms with Crippen LogP contribution < -0.4 is 10.5 Å². The molecule has 1 aliphatic rings. The maximum Gasteiger partial charge on any atom is 0.333 e. The van der Waals surface area contributed by atoms with Crippen molar-refractivity contribution in [3.63, 3.8) is 0 Å². The molecule has 3 aromatic rings. The van der Waals surface area contributed by atoms with Gasteiger partial charge in [-0.2, -0.15) is 8.42 Å². The summed E-state index contributed by atoms with van der Waals surface area (Å²) in [5.41, 5.74) is 3.32. The second-order valence-electron chi connectivity index (χ2n) is 8.28. The number of benzene rings is 1. The van der Waals surface area contributed by atoms with Crippen LogP contribution in [0.4, 0.5) is 5.82 Å². The standard InChI is InChI=1S/C22H25N5O5S2/c1-13-3-2-4-14(7-13)8-16-11-33-22(26-16)20(29)17-9-24-12-25-21(17)27-18-6-5-15(19(18)28)10-32-34(23,30)31/h2-4,7,9,11-12,15,18-19,28H,5-6,8,10H2,1H3,(H2,23,30,31)(H,24,25,27)/t15-,18?,19-/m1/s1. The largest absolute Gasteiger partial charge is 0.391 e. The van der Waals surface area contributed by atoms with Crippen molar-refractivity contribution in [2.45, 2.75) is 38.3 Å². The van der Waals surface area contributed by atoms with Crippen molar-refractivity contribution in [1.29, 1.82) is 0 Å². The summed E-state index contributed by atoms with van der Waals surface area (Å²) in [6.45, 7) is 1.82. The van der Waals surface area contributed by atoms with E-state index in [-0.39, 0.29) is 23.8 Å². The number of nitrogens with two attached hydrogens (primary N) is 1. The molecule has 1 fully saturated rings. The Morgan fingerprint density at radius 2 is 2.18 bits per heavy atom. The molecule has 0 spiro atoms. The van der Waals surface area contributed by atoms with Gasteiger partial charge in [-0.3, -0.25) is 8.98 Å². The van der Waals surface area contributed by atoms with Gasteiger partial charge >= 0.3 is 10.3 Å². The number of aryl methyl sites for hydroxylation is 1. The molecule has 0 amide bonds. The maximum absolute atomic E-state index is 13.2. The van der Waals surface area contributed by atoms with Crippen molar-refractivity contribution in [1.82, 2.24) is 15.0 Å². The molecule has 180 valence electrons. The van der Waals surface area contributed by atoms with Crippen LogP contribution in [0.1, 0.15) is 45.0 Å². The summed E-state index contributed by atoms with van der Waals surface area (Å²) >= 11 is 1.26. The Morgan fingerprint density at radius 3 is 2.94 bits per heavy atom. The Hall–Kier alpha value is -2.77. The van der Waals surface area contributed by atoms with Gasteiger partial charge in [-0.15, -0.1) is 11.3 Å². The number of hydrogen-bond acceptors (Lipinski definition) is 10. The molecule has 1 aliphatic carbocycles. The SMILES string of the molecule is Cc1cccc(Cc2csc(C(=O)c3cncnc3NC3CC[C@H](COS(N)(=O)=O)[C@H]3O)n2)c1. The van der Waals surface area contributed by atoms with Crippen LogP contribution >= 0.6 is 11.3 Å². The minimum atomic E-state index is -4.08. The lowest BCUT2D eigenvalue weighted by Gasteiger charge is -2.21. The fourth-order valence-corrected chi connectivity index (χ4v) is 5.15. The van der Waals surface area contributed by atoms with E-state index >= 15 is 0 Å². The number of aromatic nitrogens is 3. The van der Waals surface area contributed by atoms with Gasteiger partial charge < -0.3 is 10.4 Å². The number of rotatable bonds is 9. The molecule has 2 heterocycles. The van der Waals surface area contributed by atoms with E-state index in [0.29, 0.717) is 24.3 Å². The van der Waals surface area contributed by atoms with E-state index in [4.69, 9.17) is 5.14 Å². The summed E-state index contributed by atoms with van der Waals surface area (Å²) in [6.07, 6.45) is 3.51. The zero-order chi connectivity index (χ0) is 24.3. The molecule has 0 saturated heterocycles. The minimum Gasteiger partial charge on any atom is -0.391 e. The number of thiazole rings is 1. The number of ketones is 1. The molecule has 0 radical (unpaired) electrons. The van der Waals surface area contributed by atoms with E-state index in [2.05, 4.69) is 30.5 Å². The molecule has 4 rings (SSSR count). The third kappa shape index (κ3) is 6.02. The zero-order valence-corrected chi connectivity index (χ0v) is 20.1. The number of anilines is 1. The highest BCUT2D eigenvalue weighted by Gasteiger charge is 2.36. The third-order valence-electron chi connectivity index (χ3n) is 5.68. The quantitative estimate of drug-likeness (QED) is 0.371. The third-order valence-corrected chi connectivity index (χ3v) is 7.04. The van der Waals surface area contributed by atoms with Crippen LogP contribution in [0.5, 0.6) is 0 Å². The van der Waals surface area contributed by atoms with E-state index in [1.165, 1.54) is 23.9 Å². The highest BCUT2D eigenvalue weighted by molar-refractivity contribution is 7.84. The zero-order valence-electron chi connectivity index (χ0n) is 18.4. The fourth-order valence-electron chi connectivity index (χ4n) is 4.01. The summed E-state index contributed by atoms with van der Waals surface area (Å²) in [7, 11) is -4.08. The summed E-state index contributed by atoms with van der Waals surface area (Å²) in [4.78, 5) is 25.9. The first-order chi connectivity index (χ1) is 16.2. The van der Waals surface area contributed by atoms with E-state index in [1.54, 1.807) is 0 Å². The monoisotopic (exact) mass is 503 g/mol. The van der Waals surface area contributed by atoms with Gasteiger partial charge in [0.1, 0.15) is 12.1 Å². The number of carbonyl (C=O) groups excluding carboxylic acids is 1. The molecule has 34 heavy (non-hydrogen) atoms. The maximum atomic E-state index is 13.2. The Bertz CT molecular complexity index is 1280. The molecule has 1 saturated carbocycles. The molecule has 1 aromatic carbocycles. The highest BCUT2D eigenvalue weighted by Crippen LogP contribution is 2.30. The van der Waals surface area contributed by atoms with Gasteiger partial charge in [0.05, 0.1) is 30.0 Å². The molecular formula is C22H25N5O5S2. The predicted octanol–water partition coefficient (Wildman–Crippen LogP) is 1.83. The molecule has 0 bridgehead atoms. The summed E-state index contributed by atoms with van der Waals surface area (Å²) in [6, 6.07) is 7.69. The molecule has 2 aromatic heterocycles. The molecule has 3 atom stereocenters. The molecule has 10 nitrogen and oxygen atoms in total. The van der Waals surface area contributed by atoms with Gasteiger partial charge in [0.15, 0.2) is 5.01 Å². The Kier molecular flexibility index (Phi) is 7.33. The highest BCUT2D eigenvalue weighted by atomic mass is 32.2. The summed E-state index contributed by atoms with van der Waals surface area (Å²) in [5, 5.41) is 20.8. The van der Waals surface area contributed by atoms with Crippen LogP contribution in [0.3, 0.4) is 0 Å². The summed E-state index contributed by atoms with van der Waals surface area (Å²) in [5.74, 6) is -0.447. The topological polar surface area (TPSA) is 157 Å². The average molecular weight is 504 g/mol. The normalized spacial score (nSPS) is 20.4. The van der Waals surface area contributed by atoms with Crippen molar-refractivity contribution in [2.75, 3.05) is 11.9 Å². The van der Waals surface area contributed by atoms with Crippen molar-refractivity contribution in [2.24, 2.45) is 11.1 Å². The smallest absolute Gasteiger partial charge is 0.333 e. The molecule has 0 aliphatic heterocycles. The molecule has 4 N–H and O–H groups in total. The van der Waals surface area contributed by atoms with Crippen LogP contribution in [0, 0.1) is 12.8 Å². The number of nitrogens with zero attached hydrogens (tertiary/aromatic N) is 3. The fraction of sp³-hybridized carbons (Fsp3) is 0.364. The first-order valence-electron chi connectivity index (χ1n) is 10.7. The Morgan fingerprint density at radius 1 is 1.35 bits per heavy atom. The van der Waals surface area contributed by atoms with E-state index in [1.807, 2.05) is 30.5 Å². The van der Waals surface area contributed by atoms with Crippen LogP contribution in [0.25, 0.3) is 0 Å². The van der Waals surface area contributed by atoms with Crippen molar-refractivity contribution in [3.8, 4) is 0 Å². The van der Waals surface area contributed by atoms with Gasteiger partial charge in [-0.1, -0.05) is 29.8 Å². The van der Waals surface area contributed by atoms with Crippen molar-refractivity contribution < 1.29 is 22.5 Å². The lowest BCUT2D eigenvalue weighted by Crippen LogP contribution is -2.35. The van der Waals surface area contributed by atoms with Gasteiger partial charge in [0.2, 0.25) is 5.78 Å². The number of carbonyl (C=O) groups is 1. The second kappa shape index (κ2) is 10.2. The van der Waals surface area contributed by atoms with Gasteiger partial charge in [-0.05, 0) is 25.3 Å². The Balaban J connectivity index is 1.45. The first kappa shape index (κ1) is 24.4. The number of aliphatic hydroxyl groups is 1. The molecule has 1 unspecified atom stereocenters. The number of aliphatic hydroxyl groups excluding tert-OH is 1. The van der Waals surface area contributed by atoms with Gasteiger partial charge in [0, 0.05) is 23.9 Å². The first-order valence-corrected chi connectivity index (χ1v) is 13.0. The molecular weight excluding hydrogens is 478 g/mol. The van der Waals surface area contributed by atoms with Crippen molar-refractivity contribution in [3.05, 3.63) is 69.6 Å². The average Bonchev–Trinajstić information content (AvgIpc) is 3.39. The number of hydrogen-bond donors (Lipinski definition) is 3. The van der Waals surface area contributed by atoms with E-state index in [0.717, 1.165) is 16.8 Å². The molecule has 12 heteroatoms. The second-order valence-corrected chi connectivity index (χ2v) is 10.4. The summed E-state index contributed by atoms with van der Waals surface area (Å²) < 4.78 is 26.7. The van der Waals surface area contributed by atoms with E-state index in [9.17, 15) is 18.3 Å². The van der Waals surface area contributed by atoms with Crippen molar-refractivity contribution >= 4 is 33.2 Å². The minimum absolute atomic E-state index is 0.212. The van der Waals surface area contributed by atoms with Crippen LogP contribution in [0.2, 0.25) is 0 Å². The predicted molar refractivity (Wildman–Crippen MR) is 127 cm³/mol. The van der Waals surface area contributed by atoms with Gasteiger partial charge in [0.25, 0.3) is 0 Å².